The Labute approximate surface area is 526 Å². The number of ether oxygens (including phenoxy) is 4. The van der Waals surface area contributed by atoms with E-state index in [2.05, 4.69) is 41.9 Å². The smallest absolute Gasteiger partial charge is 0.408 e. The van der Waals surface area contributed by atoms with E-state index in [1.165, 1.54) is 97.1 Å². The lowest BCUT2D eigenvalue weighted by Crippen LogP contribution is -2.55. The molecule has 0 bridgehead atoms. The number of carboxylic acid groups (broad SMARTS) is 4. The number of alkyl carbamates (subject to hydrolysis) is 2. The molecule has 4 atom stereocenters. The molecular weight excluding hydrogens is 1210 g/mol. The molecule has 0 aliphatic carbocycles. The molecule has 18 N–H and O–H groups in total. The molecule has 0 spiro atoms. The zero-order valence-corrected chi connectivity index (χ0v) is 49.8. The minimum atomic E-state index is -1.77. The first-order valence-electron chi connectivity index (χ1n) is 28.8. The Morgan fingerprint density at radius 1 is 0.370 bits per heavy atom. The van der Waals surface area contributed by atoms with Crippen LogP contribution in [0, 0.1) is 0 Å². The first-order chi connectivity index (χ1) is 43.8. The Bertz CT molecular complexity index is 3030. The molecule has 0 aliphatic heterocycles. The van der Waals surface area contributed by atoms with Gasteiger partial charge in [-0.05, 0) is 96.8 Å². The first-order valence-corrected chi connectivity index (χ1v) is 28.8. The number of hydrogen-bond donors (Lipinski definition) is 14. The SMILES string of the molecule is NC(N)=Nc1ccc(C(=O)Oc2ccc(COC(=O)N[C@@H](CC(=O)O)C(=O)NC(CC(=O)O)C(=O)NCCCCCCCCCCCCNC(=O)[C@H](CC(=O)O)NC(=O)[C@H](CC(=O)O)NC(=O)OCc3ccc(OC(=O)c4ccc(N=C(N)N)cc4)cc3)cc2)cc1. The van der Waals surface area contributed by atoms with Crippen molar-refractivity contribution in [1.29, 1.82) is 0 Å². The molecule has 0 saturated carbocycles. The molecule has 1 unspecified atom stereocenters. The molecule has 0 saturated heterocycles. The third kappa shape index (κ3) is 29.1. The number of carboxylic acids is 4. The summed E-state index contributed by atoms with van der Waals surface area (Å²) < 4.78 is 21.0. The monoisotopic (exact) mass is 1280 g/mol. The van der Waals surface area contributed by atoms with Crippen LogP contribution < -0.4 is 64.3 Å². The molecule has 92 heavy (non-hydrogen) atoms. The van der Waals surface area contributed by atoms with E-state index in [9.17, 15) is 78.0 Å². The van der Waals surface area contributed by atoms with Crippen LogP contribution in [0.4, 0.5) is 21.0 Å². The number of rotatable bonds is 39. The van der Waals surface area contributed by atoms with Gasteiger partial charge in [0.25, 0.3) is 0 Å². The summed E-state index contributed by atoms with van der Waals surface area (Å²) >= 11 is 0. The summed E-state index contributed by atoms with van der Waals surface area (Å²) in [6, 6.07) is 16.8. The van der Waals surface area contributed by atoms with Crippen molar-refractivity contribution in [2.24, 2.45) is 32.9 Å². The predicted octanol–water partition coefficient (Wildman–Crippen LogP) is 2.83. The van der Waals surface area contributed by atoms with Crippen molar-refractivity contribution in [2.45, 2.75) is 127 Å². The second-order valence-electron chi connectivity index (χ2n) is 20.4. The number of nitrogens with zero attached hydrogens (tertiary/aromatic N) is 2. The summed E-state index contributed by atoms with van der Waals surface area (Å²) in [6.07, 6.45) is 1.58. The maximum Gasteiger partial charge on any atom is 0.408 e. The van der Waals surface area contributed by atoms with Gasteiger partial charge >= 0.3 is 48.0 Å². The lowest BCUT2D eigenvalue weighted by Gasteiger charge is -2.21. The normalized spacial score (nSPS) is 11.9. The molecule has 0 fully saturated rings. The van der Waals surface area contributed by atoms with Crippen molar-refractivity contribution in [3.8, 4) is 11.5 Å². The Hall–Kier alpha value is -11.3. The second-order valence-corrected chi connectivity index (χ2v) is 20.4. The summed E-state index contributed by atoms with van der Waals surface area (Å²) in [5.41, 5.74) is 23.5. The number of carbonyl (C=O) groups is 12. The van der Waals surface area contributed by atoms with E-state index in [-0.39, 0.29) is 60.8 Å². The van der Waals surface area contributed by atoms with Gasteiger partial charge in [0.05, 0.1) is 48.2 Å². The van der Waals surface area contributed by atoms with Gasteiger partial charge in [0.1, 0.15) is 48.9 Å². The van der Waals surface area contributed by atoms with Crippen LogP contribution >= 0.6 is 0 Å². The molecule has 4 rings (SSSR count). The van der Waals surface area contributed by atoms with Crippen molar-refractivity contribution in [3.05, 3.63) is 119 Å². The average molecular weight is 1280 g/mol. The van der Waals surface area contributed by atoms with E-state index in [0.717, 1.165) is 38.5 Å². The van der Waals surface area contributed by atoms with Gasteiger partial charge < -0.3 is 94.2 Å². The summed E-state index contributed by atoms with van der Waals surface area (Å²) in [5, 5.41) is 51.6. The van der Waals surface area contributed by atoms with E-state index in [0.29, 0.717) is 48.2 Å². The van der Waals surface area contributed by atoms with Gasteiger partial charge in [0.2, 0.25) is 23.6 Å². The number of amides is 6. The largest absolute Gasteiger partial charge is 0.481 e. The number of guanidine groups is 2. The molecule has 0 heterocycles. The number of nitrogens with one attached hydrogen (secondary N) is 6. The van der Waals surface area contributed by atoms with Crippen molar-refractivity contribution >= 4 is 94.9 Å². The van der Waals surface area contributed by atoms with Crippen molar-refractivity contribution < 1.29 is 96.9 Å². The number of carbonyl (C=O) groups excluding carboxylic acids is 8. The maximum absolute atomic E-state index is 13.2. The second kappa shape index (κ2) is 38.8. The lowest BCUT2D eigenvalue weighted by atomic mass is 10.1. The van der Waals surface area contributed by atoms with E-state index >= 15 is 0 Å². The lowest BCUT2D eigenvalue weighted by molar-refractivity contribution is -0.142. The third-order valence-corrected chi connectivity index (χ3v) is 12.9. The minimum Gasteiger partial charge on any atom is -0.481 e. The first kappa shape index (κ1) is 73.1. The van der Waals surface area contributed by atoms with Crippen LogP contribution in [0.5, 0.6) is 11.5 Å². The number of aliphatic imine (C=N–C) groups is 2. The summed E-state index contributed by atoms with van der Waals surface area (Å²) in [5.74, 6) is -11.2. The van der Waals surface area contributed by atoms with Crippen molar-refractivity contribution in [1.82, 2.24) is 31.9 Å². The molecule has 0 aromatic heterocycles. The fourth-order valence-corrected chi connectivity index (χ4v) is 8.36. The van der Waals surface area contributed by atoms with Gasteiger partial charge in [-0.3, -0.25) is 38.4 Å². The Balaban J connectivity index is 1.08. The third-order valence-electron chi connectivity index (χ3n) is 12.9. The average Bonchev–Trinajstić information content (AvgIpc) is 1.24. The molecule has 4 aromatic rings. The number of unbranched alkanes of at least 4 members (excludes halogenated alkanes) is 9. The molecule has 4 aromatic carbocycles. The molecule has 0 aliphatic rings. The van der Waals surface area contributed by atoms with Crippen molar-refractivity contribution in [2.75, 3.05) is 13.1 Å². The van der Waals surface area contributed by atoms with E-state index in [4.69, 9.17) is 41.9 Å². The Kier molecular flexibility index (Phi) is 30.9. The van der Waals surface area contributed by atoms with Gasteiger partial charge in [-0.25, -0.2) is 29.2 Å². The van der Waals surface area contributed by atoms with Crippen molar-refractivity contribution in [3.63, 3.8) is 0 Å². The highest BCUT2D eigenvalue weighted by atomic mass is 16.6. The van der Waals surface area contributed by atoms with Gasteiger partial charge in [-0.1, -0.05) is 75.6 Å². The summed E-state index contributed by atoms with van der Waals surface area (Å²) in [4.78, 5) is 157. The van der Waals surface area contributed by atoms with Crippen LogP contribution in [0.2, 0.25) is 0 Å². The molecular formula is C60H74N12O20. The van der Waals surface area contributed by atoms with Crippen LogP contribution in [-0.4, -0.2) is 141 Å². The van der Waals surface area contributed by atoms with Crippen LogP contribution in [0.25, 0.3) is 0 Å². The highest BCUT2D eigenvalue weighted by Gasteiger charge is 2.32. The Morgan fingerprint density at radius 2 is 0.652 bits per heavy atom. The summed E-state index contributed by atoms with van der Waals surface area (Å²) in [6.45, 7) is -0.442. The van der Waals surface area contributed by atoms with E-state index in [1.807, 2.05) is 0 Å². The van der Waals surface area contributed by atoms with Crippen LogP contribution in [0.15, 0.2) is 107 Å². The predicted molar refractivity (Wildman–Crippen MR) is 326 cm³/mol. The van der Waals surface area contributed by atoms with Gasteiger partial charge in [0, 0.05) is 13.1 Å². The highest BCUT2D eigenvalue weighted by molar-refractivity contribution is 5.96. The van der Waals surface area contributed by atoms with Crippen LogP contribution in [-0.2, 0) is 61.0 Å². The van der Waals surface area contributed by atoms with Crippen LogP contribution in [0.3, 0.4) is 0 Å². The minimum absolute atomic E-state index is 0.137. The summed E-state index contributed by atoms with van der Waals surface area (Å²) in [7, 11) is 0. The zero-order valence-electron chi connectivity index (χ0n) is 49.8. The molecule has 494 valence electrons. The molecule has 6 amide bonds. The number of hydrogen-bond acceptors (Lipinski definition) is 18. The standard InChI is InChI=1S/C60H74N12O20/c61-57(62)67-39-19-15-37(16-20-39)55(85)91-41-23-11-35(12-24-41)33-89-59(87)71-45(31-49(77)78)53(83)69-43(29-47(73)74)51(81)65-27-9-7-5-3-1-2-4-6-8-10-28-66-52(82)44(30-48(75)76)70-54(84)46(32-50(79)80)72-60(88)90-34-36-13-25-42(26-14-36)92-56(86)38-17-21-40(22-18-38)68-58(63)64/h11-26,43-46H,1-10,27-34H2,(H,65,81)(H,66,82)(H,69,83)(H,70,84)(H,71,87)(H,72,88)(H,73,74)(H,75,76)(H,77,78)(H,79,80)(H4,61,62,67)(H4,63,64,68)/t43-,44?,45-,46-/m0/s1. The fraction of sp³-hybridized carbons (Fsp3) is 0.367. The molecule has 0 radical (unpaired) electrons. The van der Waals surface area contributed by atoms with Gasteiger partial charge in [-0.2, -0.15) is 0 Å². The topological polar surface area (TPSA) is 524 Å². The van der Waals surface area contributed by atoms with E-state index in [1.54, 1.807) is 0 Å². The number of benzene rings is 4. The van der Waals surface area contributed by atoms with Gasteiger partial charge in [-0.15, -0.1) is 0 Å². The molecule has 32 nitrogen and oxygen atoms in total. The number of esters is 2. The van der Waals surface area contributed by atoms with Crippen LogP contribution in [0.1, 0.15) is 122 Å². The number of nitrogens with two attached hydrogens (primary N) is 4. The fourth-order valence-electron chi connectivity index (χ4n) is 8.36. The molecule has 32 heteroatoms. The Morgan fingerprint density at radius 3 is 0.935 bits per heavy atom. The highest BCUT2D eigenvalue weighted by Crippen LogP contribution is 2.20. The zero-order chi connectivity index (χ0) is 67.5. The number of aliphatic carboxylic acids is 4. The van der Waals surface area contributed by atoms with E-state index < -0.39 is 121 Å². The van der Waals surface area contributed by atoms with Gasteiger partial charge in [0.15, 0.2) is 11.9 Å². The maximum atomic E-state index is 13.2. The quantitative estimate of drug-likeness (QED) is 0.0100.